The molecule has 1 aromatic rings. The van der Waals surface area contributed by atoms with Gasteiger partial charge in [0.15, 0.2) is 0 Å². The van der Waals surface area contributed by atoms with Crippen molar-refractivity contribution in [3.63, 3.8) is 0 Å². The maximum absolute atomic E-state index is 11.2. The van der Waals surface area contributed by atoms with Crippen LogP contribution in [0.25, 0.3) is 0 Å². The number of anilines is 1. The second kappa shape index (κ2) is 4.99. The van der Waals surface area contributed by atoms with Crippen LogP contribution in [0.2, 0.25) is 0 Å². The molecule has 0 fully saturated rings. The van der Waals surface area contributed by atoms with Gasteiger partial charge in [-0.3, -0.25) is 4.79 Å². The molecule has 0 saturated carbocycles. The number of rotatable bonds is 3. The van der Waals surface area contributed by atoms with E-state index in [1.165, 1.54) is 6.33 Å². The van der Waals surface area contributed by atoms with Crippen molar-refractivity contribution in [2.45, 2.75) is 19.9 Å². The molecule has 1 aromatic heterocycles. The summed E-state index contributed by atoms with van der Waals surface area (Å²) < 4.78 is 0.367. The smallest absolute Gasteiger partial charge is 0.267 e. The lowest BCUT2D eigenvalue weighted by molar-refractivity contribution is 0.612. The molecule has 0 radical (unpaired) electrons. The fourth-order valence-electron chi connectivity index (χ4n) is 1.03. The number of nitrogens with zero attached hydrogens (tertiary/aromatic N) is 1. The topological polar surface area (TPSA) is 57.8 Å². The van der Waals surface area contributed by atoms with Crippen molar-refractivity contribution >= 4 is 21.7 Å². The fraction of sp³-hybridized carbons (Fsp3) is 0.400. The number of hydrogen-bond donors (Lipinski definition) is 2. The van der Waals surface area contributed by atoms with Gasteiger partial charge in [-0.15, -0.1) is 6.42 Å². The third-order valence-electron chi connectivity index (χ3n) is 1.93. The van der Waals surface area contributed by atoms with Crippen LogP contribution in [0.3, 0.4) is 0 Å². The largest absolute Gasteiger partial charge is 0.355 e. The second-order valence-corrected chi connectivity index (χ2v) is 4.22. The number of terminal acetylenes is 1. The molecule has 2 N–H and O–H groups in total. The van der Waals surface area contributed by atoms with Crippen LogP contribution in [-0.2, 0) is 0 Å². The van der Waals surface area contributed by atoms with Crippen LogP contribution in [0.15, 0.2) is 15.6 Å². The Morgan fingerprint density at radius 1 is 1.67 bits per heavy atom. The summed E-state index contributed by atoms with van der Waals surface area (Å²) in [7, 11) is 0. The Kier molecular flexibility index (Phi) is 3.92. The molecule has 0 spiro atoms. The molecule has 0 aliphatic carbocycles. The van der Waals surface area contributed by atoms with Crippen LogP contribution in [0, 0.1) is 18.3 Å². The van der Waals surface area contributed by atoms with Gasteiger partial charge in [0, 0.05) is 0 Å². The highest BCUT2D eigenvalue weighted by Gasteiger charge is 2.13. The van der Waals surface area contributed by atoms with Gasteiger partial charge in [0.05, 0.1) is 12.4 Å². The van der Waals surface area contributed by atoms with Gasteiger partial charge >= 0.3 is 0 Å². The van der Waals surface area contributed by atoms with Crippen LogP contribution < -0.4 is 10.9 Å². The number of halogens is 1. The predicted octanol–water partition coefficient (Wildman–Crippen LogP) is 1.60. The molecule has 0 saturated heterocycles. The third kappa shape index (κ3) is 2.83. The molecule has 0 amide bonds. The van der Waals surface area contributed by atoms with Gasteiger partial charge in [0.25, 0.3) is 5.56 Å². The Morgan fingerprint density at radius 2 is 2.33 bits per heavy atom. The van der Waals surface area contributed by atoms with Crippen molar-refractivity contribution in [2.75, 3.05) is 5.32 Å². The molecule has 1 rings (SSSR count). The Balaban J connectivity index is 2.95. The first kappa shape index (κ1) is 11.8. The van der Waals surface area contributed by atoms with E-state index >= 15 is 0 Å². The first-order valence-corrected chi connectivity index (χ1v) is 5.31. The minimum absolute atomic E-state index is 0.143. The second-order valence-electron chi connectivity index (χ2n) is 3.43. The highest BCUT2D eigenvalue weighted by Crippen LogP contribution is 2.16. The van der Waals surface area contributed by atoms with E-state index < -0.39 is 0 Å². The molecule has 1 heterocycles. The molecule has 0 aliphatic rings. The van der Waals surface area contributed by atoms with Crippen LogP contribution >= 0.6 is 15.9 Å². The zero-order chi connectivity index (χ0) is 11.4. The SMILES string of the molecule is C#CC(Nc1nc[nH]c(=O)c1Br)C(C)C. The number of hydrogen-bond acceptors (Lipinski definition) is 3. The third-order valence-corrected chi connectivity index (χ3v) is 2.67. The molecular formula is C10H12BrN3O. The molecule has 80 valence electrons. The summed E-state index contributed by atoms with van der Waals surface area (Å²) in [5.41, 5.74) is -0.230. The molecule has 5 heteroatoms. The van der Waals surface area contributed by atoms with Crippen molar-refractivity contribution in [3.8, 4) is 12.3 Å². The molecule has 0 aliphatic heterocycles. The van der Waals surface area contributed by atoms with E-state index in [2.05, 4.69) is 37.1 Å². The average molecular weight is 270 g/mol. The zero-order valence-electron chi connectivity index (χ0n) is 8.54. The van der Waals surface area contributed by atoms with Gasteiger partial charge in [-0.1, -0.05) is 19.8 Å². The van der Waals surface area contributed by atoms with E-state index in [1.807, 2.05) is 13.8 Å². The van der Waals surface area contributed by atoms with Gasteiger partial charge in [-0.05, 0) is 21.8 Å². The lowest BCUT2D eigenvalue weighted by atomic mass is 10.1. The van der Waals surface area contributed by atoms with Gasteiger partial charge in [-0.2, -0.15) is 0 Å². The van der Waals surface area contributed by atoms with Crippen molar-refractivity contribution in [1.29, 1.82) is 0 Å². The highest BCUT2D eigenvalue weighted by molar-refractivity contribution is 9.10. The minimum Gasteiger partial charge on any atom is -0.355 e. The van der Waals surface area contributed by atoms with Gasteiger partial charge in [0.2, 0.25) is 0 Å². The maximum Gasteiger partial charge on any atom is 0.267 e. The van der Waals surface area contributed by atoms with E-state index in [9.17, 15) is 4.79 Å². The number of nitrogens with one attached hydrogen (secondary N) is 2. The summed E-state index contributed by atoms with van der Waals surface area (Å²) in [6, 6.07) is -0.143. The highest BCUT2D eigenvalue weighted by atomic mass is 79.9. The van der Waals surface area contributed by atoms with E-state index in [0.717, 1.165) is 0 Å². The van der Waals surface area contributed by atoms with E-state index in [-0.39, 0.29) is 17.5 Å². The van der Waals surface area contributed by atoms with E-state index in [4.69, 9.17) is 6.42 Å². The predicted molar refractivity (Wildman–Crippen MR) is 63.6 cm³/mol. The summed E-state index contributed by atoms with van der Waals surface area (Å²) in [6.45, 7) is 4.00. The average Bonchev–Trinajstić information content (AvgIpc) is 2.19. The quantitative estimate of drug-likeness (QED) is 0.820. The lowest BCUT2D eigenvalue weighted by Gasteiger charge is -2.17. The summed E-state index contributed by atoms with van der Waals surface area (Å²) in [4.78, 5) is 17.7. The molecule has 1 atom stereocenters. The Morgan fingerprint density at radius 3 is 2.87 bits per heavy atom. The first-order chi connectivity index (χ1) is 7.06. The van der Waals surface area contributed by atoms with Crippen molar-refractivity contribution in [2.24, 2.45) is 5.92 Å². The molecule has 0 aromatic carbocycles. The number of aromatic nitrogens is 2. The summed E-state index contributed by atoms with van der Waals surface area (Å²) in [6.07, 6.45) is 6.70. The number of H-pyrrole nitrogens is 1. The summed E-state index contributed by atoms with van der Waals surface area (Å²) in [5, 5.41) is 3.02. The molecule has 1 unspecified atom stereocenters. The van der Waals surface area contributed by atoms with Crippen LogP contribution in [0.4, 0.5) is 5.82 Å². The fourth-order valence-corrected chi connectivity index (χ4v) is 1.36. The van der Waals surface area contributed by atoms with E-state index in [1.54, 1.807) is 0 Å². The van der Waals surface area contributed by atoms with Gasteiger partial charge < -0.3 is 10.3 Å². The van der Waals surface area contributed by atoms with Crippen LogP contribution in [-0.4, -0.2) is 16.0 Å². The Labute approximate surface area is 96.6 Å². The normalized spacial score (nSPS) is 12.2. The first-order valence-electron chi connectivity index (χ1n) is 4.52. The standard InChI is InChI=1S/C10H12BrN3O/c1-4-7(6(2)3)14-9-8(11)10(15)13-5-12-9/h1,5-7H,2-3H3,(H2,12,13,14,15). The Bertz CT molecular complexity index is 433. The van der Waals surface area contributed by atoms with Crippen molar-refractivity contribution in [1.82, 2.24) is 9.97 Å². The zero-order valence-corrected chi connectivity index (χ0v) is 10.1. The van der Waals surface area contributed by atoms with Crippen molar-refractivity contribution in [3.05, 3.63) is 21.2 Å². The lowest BCUT2D eigenvalue weighted by Crippen LogP contribution is -2.25. The van der Waals surface area contributed by atoms with Crippen LogP contribution in [0.1, 0.15) is 13.8 Å². The number of aromatic amines is 1. The summed E-state index contributed by atoms with van der Waals surface area (Å²) >= 11 is 3.15. The molecule has 15 heavy (non-hydrogen) atoms. The molecule has 4 nitrogen and oxygen atoms in total. The van der Waals surface area contributed by atoms with Crippen LogP contribution in [0.5, 0.6) is 0 Å². The molecule has 0 bridgehead atoms. The Hall–Kier alpha value is -1.28. The van der Waals surface area contributed by atoms with Crippen molar-refractivity contribution < 1.29 is 0 Å². The van der Waals surface area contributed by atoms with Gasteiger partial charge in [0.1, 0.15) is 10.3 Å². The summed E-state index contributed by atoms with van der Waals surface area (Å²) in [5.74, 6) is 3.35. The monoisotopic (exact) mass is 269 g/mol. The maximum atomic E-state index is 11.2. The molecular weight excluding hydrogens is 258 g/mol. The van der Waals surface area contributed by atoms with Gasteiger partial charge in [-0.25, -0.2) is 4.98 Å². The van der Waals surface area contributed by atoms with E-state index in [0.29, 0.717) is 10.3 Å². The minimum atomic E-state index is -0.230.